The van der Waals surface area contributed by atoms with Crippen LogP contribution in [0.25, 0.3) is 0 Å². The number of nitrogens with zero attached hydrogens (tertiary/aromatic N) is 2. The molecule has 0 saturated heterocycles. The van der Waals surface area contributed by atoms with E-state index in [0.717, 1.165) is 11.3 Å². The quantitative estimate of drug-likeness (QED) is 0.792. The molecule has 1 rings (SSSR count). The first kappa shape index (κ1) is 10.6. The van der Waals surface area contributed by atoms with Crippen molar-refractivity contribution < 1.29 is 9.90 Å². The first-order valence-electron chi connectivity index (χ1n) is 4.42. The summed E-state index contributed by atoms with van der Waals surface area (Å²) in [5.41, 5.74) is 1.31. The van der Waals surface area contributed by atoms with Gasteiger partial charge in [0.05, 0.1) is 6.42 Å². The molecule has 0 saturated carbocycles. The third-order valence-corrected chi connectivity index (χ3v) is 2.23. The van der Waals surface area contributed by atoms with Crippen LogP contribution in [0.2, 0.25) is 0 Å². The summed E-state index contributed by atoms with van der Waals surface area (Å²) in [6.45, 7) is 5.63. The summed E-state index contributed by atoms with van der Waals surface area (Å²) in [7, 11) is 0. The van der Waals surface area contributed by atoms with Crippen molar-refractivity contribution >= 4 is 5.97 Å². The second kappa shape index (κ2) is 3.74. The van der Waals surface area contributed by atoms with Crippen LogP contribution in [0.4, 0.5) is 0 Å². The predicted molar refractivity (Wildman–Crippen MR) is 52.0 cm³/mol. The zero-order valence-electron chi connectivity index (χ0n) is 8.61. The van der Waals surface area contributed by atoms with Gasteiger partial charge in [0.1, 0.15) is 6.33 Å². The Kier molecular flexibility index (Phi) is 2.84. The normalized spacial score (nSPS) is 11.4. The van der Waals surface area contributed by atoms with Crippen LogP contribution in [-0.4, -0.2) is 21.0 Å². The number of aryl methyl sites for hydroxylation is 1. The Bertz CT molecular complexity index is 348. The molecule has 1 N–H and O–H groups in total. The van der Waals surface area contributed by atoms with Crippen molar-refractivity contribution in [2.24, 2.45) is 0 Å². The van der Waals surface area contributed by atoms with E-state index in [1.165, 1.54) is 6.33 Å². The minimum absolute atomic E-state index is 0.0845. The maximum Gasteiger partial charge on any atom is 0.304 e. The van der Waals surface area contributed by atoms with Gasteiger partial charge in [-0.3, -0.25) is 4.79 Å². The van der Waals surface area contributed by atoms with Crippen molar-refractivity contribution in [1.29, 1.82) is 0 Å². The summed E-state index contributed by atoms with van der Waals surface area (Å²) in [6, 6.07) is 0. The lowest BCUT2D eigenvalue weighted by Crippen LogP contribution is -2.23. The fourth-order valence-electron chi connectivity index (χ4n) is 1.53. The molecule has 1 aromatic rings. The zero-order valence-corrected chi connectivity index (χ0v) is 8.61. The lowest BCUT2D eigenvalue weighted by atomic mass is 9.81. The van der Waals surface area contributed by atoms with Crippen LogP contribution in [0.3, 0.4) is 0 Å². The van der Waals surface area contributed by atoms with Crippen molar-refractivity contribution in [2.45, 2.75) is 32.6 Å². The van der Waals surface area contributed by atoms with E-state index in [4.69, 9.17) is 5.11 Å². The Hall–Kier alpha value is -1.45. The summed E-state index contributed by atoms with van der Waals surface area (Å²) in [4.78, 5) is 18.6. The van der Waals surface area contributed by atoms with Crippen LogP contribution in [0.15, 0.2) is 12.5 Å². The molecule has 14 heavy (non-hydrogen) atoms. The third-order valence-electron chi connectivity index (χ3n) is 2.23. The number of carbonyl (C=O) groups is 1. The Morgan fingerprint density at radius 3 is 2.71 bits per heavy atom. The molecular formula is C10H14N2O2. The molecule has 0 aromatic carbocycles. The van der Waals surface area contributed by atoms with E-state index in [1.54, 1.807) is 6.20 Å². The van der Waals surface area contributed by atoms with E-state index < -0.39 is 11.4 Å². The highest BCUT2D eigenvalue weighted by Crippen LogP contribution is 2.27. The van der Waals surface area contributed by atoms with Gasteiger partial charge in [0.2, 0.25) is 0 Å². The molecule has 76 valence electrons. The smallest absolute Gasteiger partial charge is 0.304 e. The average molecular weight is 194 g/mol. The Balaban J connectivity index is 3.03. The van der Waals surface area contributed by atoms with Gasteiger partial charge in [-0.25, -0.2) is 9.97 Å². The Labute approximate surface area is 83.0 Å². The topological polar surface area (TPSA) is 63.1 Å². The van der Waals surface area contributed by atoms with E-state index in [9.17, 15) is 4.79 Å². The van der Waals surface area contributed by atoms with E-state index >= 15 is 0 Å². The van der Waals surface area contributed by atoms with Gasteiger partial charge in [-0.2, -0.15) is 0 Å². The monoisotopic (exact) mass is 194 g/mol. The maximum absolute atomic E-state index is 10.7. The largest absolute Gasteiger partial charge is 0.481 e. The van der Waals surface area contributed by atoms with E-state index in [0.29, 0.717) is 0 Å². The second-order valence-corrected chi connectivity index (χ2v) is 3.98. The second-order valence-electron chi connectivity index (χ2n) is 3.98. The molecule has 0 aliphatic heterocycles. The van der Waals surface area contributed by atoms with Gasteiger partial charge in [0.25, 0.3) is 0 Å². The molecule has 0 aliphatic carbocycles. The minimum Gasteiger partial charge on any atom is -0.481 e. The van der Waals surface area contributed by atoms with Gasteiger partial charge in [-0.1, -0.05) is 13.8 Å². The number of carboxylic acid groups (broad SMARTS) is 1. The molecule has 0 spiro atoms. The summed E-state index contributed by atoms with van der Waals surface area (Å²) in [5, 5.41) is 8.76. The van der Waals surface area contributed by atoms with Crippen molar-refractivity contribution in [3.8, 4) is 0 Å². The summed E-state index contributed by atoms with van der Waals surface area (Å²) >= 11 is 0. The lowest BCUT2D eigenvalue weighted by Gasteiger charge is -2.23. The molecule has 0 aliphatic rings. The van der Waals surface area contributed by atoms with Gasteiger partial charge in [0, 0.05) is 17.3 Å². The van der Waals surface area contributed by atoms with Crippen molar-refractivity contribution in [1.82, 2.24) is 9.97 Å². The summed E-state index contributed by atoms with van der Waals surface area (Å²) in [5.74, 6) is -0.807. The van der Waals surface area contributed by atoms with Crippen LogP contribution < -0.4 is 0 Å². The van der Waals surface area contributed by atoms with Crippen LogP contribution >= 0.6 is 0 Å². The standard InChI is InChI=1S/C10H14N2O2/c1-7-8(5-11-6-12-7)10(2,3)4-9(13)14/h5-6H,4H2,1-3H3,(H,13,14). The molecule has 0 atom stereocenters. The zero-order chi connectivity index (χ0) is 10.8. The number of rotatable bonds is 3. The van der Waals surface area contributed by atoms with Crippen molar-refractivity contribution in [2.75, 3.05) is 0 Å². The highest BCUT2D eigenvalue weighted by Gasteiger charge is 2.26. The highest BCUT2D eigenvalue weighted by molar-refractivity contribution is 5.68. The number of carboxylic acids is 1. The molecule has 0 bridgehead atoms. The molecule has 0 fully saturated rings. The van der Waals surface area contributed by atoms with Gasteiger partial charge in [0.15, 0.2) is 0 Å². The van der Waals surface area contributed by atoms with E-state index in [1.807, 2.05) is 20.8 Å². The number of aromatic nitrogens is 2. The van der Waals surface area contributed by atoms with Crippen molar-refractivity contribution in [3.05, 3.63) is 23.8 Å². The van der Waals surface area contributed by atoms with Crippen LogP contribution in [0.5, 0.6) is 0 Å². The van der Waals surface area contributed by atoms with Crippen LogP contribution in [0.1, 0.15) is 31.5 Å². The Morgan fingerprint density at radius 2 is 2.21 bits per heavy atom. The number of hydrogen-bond acceptors (Lipinski definition) is 3. The average Bonchev–Trinajstić information content (AvgIpc) is 2.02. The fraction of sp³-hybridized carbons (Fsp3) is 0.500. The highest BCUT2D eigenvalue weighted by atomic mass is 16.4. The minimum atomic E-state index is -0.807. The van der Waals surface area contributed by atoms with Gasteiger partial charge < -0.3 is 5.11 Å². The van der Waals surface area contributed by atoms with Gasteiger partial charge in [-0.05, 0) is 12.5 Å². The van der Waals surface area contributed by atoms with E-state index in [2.05, 4.69) is 9.97 Å². The predicted octanol–water partition coefficient (Wildman–Crippen LogP) is 1.54. The molecule has 4 nitrogen and oxygen atoms in total. The number of hydrogen-bond donors (Lipinski definition) is 1. The molecule has 4 heteroatoms. The first-order chi connectivity index (χ1) is 6.43. The molecular weight excluding hydrogens is 180 g/mol. The fourth-order valence-corrected chi connectivity index (χ4v) is 1.53. The molecule has 0 unspecified atom stereocenters. The third kappa shape index (κ3) is 2.28. The van der Waals surface area contributed by atoms with Crippen LogP contribution in [0, 0.1) is 6.92 Å². The molecule has 1 heterocycles. The Morgan fingerprint density at radius 1 is 1.57 bits per heavy atom. The first-order valence-corrected chi connectivity index (χ1v) is 4.42. The van der Waals surface area contributed by atoms with Crippen LogP contribution in [-0.2, 0) is 10.2 Å². The van der Waals surface area contributed by atoms with E-state index in [-0.39, 0.29) is 6.42 Å². The SMILES string of the molecule is Cc1ncncc1C(C)(C)CC(=O)O. The van der Waals surface area contributed by atoms with Gasteiger partial charge >= 0.3 is 5.97 Å². The van der Waals surface area contributed by atoms with Crippen molar-refractivity contribution in [3.63, 3.8) is 0 Å². The lowest BCUT2D eigenvalue weighted by molar-refractivity contribution is -0.138. The summed E-state index contributed by atoms with van der Waals surface area (Å²) in [6.07, 6.45) is 3.24. The number of aliphatic carboxylic acids is 1. The van der Waals surface area contributed by atoms with Gasteiger partial charge in [-0.15, -0.1) is 0 Å². The molecule has 0 amide bonds. The molecule has 0 radical (unpaired) electrons. The summed E-state index contributed by atoms with van der Waals surface area (Å²) < 4.78 is 0. The maximum atomic E-state index is 10.7. The molecule has 1 aromatic heterocycles.